The number of rotatable bonds is 4. The monoisotopic (exact) mass is 358 g/mol. The molecule has 1 aromatic carbocycles. The molecule has 4 rings (SSSR count). The first-order valence-corrected chi connectivity index (χ1v) is 8.65. The predicted molar refractivity (Wildman–Crippen MR) is 95.3 cm³/mol. The van der Waals surface area contributed by atoms with E-state index in [1.54, 1.807) is 12.0 Å². The Labute approximate surface area is 151 Å². The molecule has 2 fully saturated rings. The van der Waals surface area contributed by atoms with Crippen LogP contribution in [-0.2, 0) is 0 Å². The van der Waals surface area contributed by atoms with Gasteiger partial charge < -0.3 is 19.9 Å². The molecule has 0 radical (unpaired) electrons. The lowest BCUT2D eigenvalue weighted by Crippen LogP contribution is -2.44. The van der Waals surface area contributed by atoms with E-state index in [2.05, 4.69) is 32.7 Å². The van der Waals surface area contributed by atoms with E-state index in [-0.39, 0.29) is 12.1 Å². The van der Waals surface area contributed by atoms with E-state index in [9.17, 15) is 4.79 Å². The SMILES string of the molecule is COc1ccc(-c2nc(C3CNCCN3C)no2)cc1N1CCNC1=O. The predicted octanol–water partition coefficient (Wildman–Crippen LogP) is 0.851. The number of aromatic nitrogens is 2. The third-order valence-corrected chi connectivity index (χ3v) is 4.82. The Hall–Kier alpha value is -2.65. The van der Waals surface area contributed by atoms with Crippen molar-refractivity contribution in [2.75, 3.05) is 51.8 Å². The van der Waals surface area contributed by atoms with Crippen LogP contribution in [0.25, 0.3) is 11.5 Å². The molecule has 9 heteroatoms. The normalized spacial score (nSPS) is 21.1. The summed E-state index contributed by atoms with van der Waals surface area (Å²) in [4.78, 5) is 20.5. The van der Waals surface area contributed by atoms with Crippen molar-refractivity contribution in [3.05, 3.63) is 24.0 Å². The molecule has 0 saturated carbocycles. The van der Waals surface area contributed by atoms with Crippen molar-refractivity contribution in [2.24, 2.45) is 0 Å². The average Bonchev–Trinajstić information content (AvgIpc) is 3.31. The van der Waals surface area contributed by atoms with Crippen molar-refractivity contribution < 1.29 is 14.1 Å². The fraction of sp³-hybridized carbons (Fsp3) is 0.471. The van der Waals surface area contributed by atoms with Crippen LogP contribution >= 0.6 is 0 Å². The minimum atomic E-state index is -0.137. The Bertz CT molecular complexity index is 808. The van der Waals surface area contributed by atoms with Gasteiger partial charge in [-0.05, 0) is 25.2 Å². The van der Waals surface area contributed by atoms with Gasteiger partial charge in [0, 0.05) is 38.3 Å². The second-order valence-electron chi connectivity index (χ2n) is 6.43. The molecular formula is C17H22N6O3. The van der Waals surface area contributed by atoms with Crippen LogP contribution in [-0.4, -0.2) is 68.0 Å². The third kappa shape index (κ3) is 2.99. The van der Waals surface area contributed by atoms with Crippen molar-refractivity contribution >= 4 is 11.7 Å². The minimum absolute atomic E-state index is 0.0864. The molecule has 0 spiro atoms. The molecule has 2 aliphatic heterocycles. The number of benzene rings is 1. The Kier molecular flexibility index (Phi) is 4.48. The summed E-state index contributed by atoms with van der Waals surface area (Å²) in [6.45, 7) is 3.88. The largest absolute Gasteiger partial charge is 0.495 e. The van der Waals surface area contributed by atoms with Crippen molar-refractivity contribution in [2.45, 2.75) is 6.04 Å². The molecular weight excluding hydrogens is 336 g/mol. The summed E-state index contributed by atoms with van der Waals surface area (Å²) < 4.78 is 10.9. The molecule has 2 aliphatic rings. The number of carbonyl (C=O) groups is 1. The van der Waals surface area contributed by atoms with Gasteiger partial charge in [-0.1, -0.05) is 5.16 Å². The molecule has 3 heterocycles. The van der Waals surface area contributed by atoms with Crippen LogP contribution in [0.3, 0.4) is 0 Å². The highest BCUT2D eigenvalue weighted by atomic mass is 16.5. The maximum absolute atomic E-state index is 12.0. The molecule has 138 valence electrons. The summed E-state index contributed by atoms with van der Waals surface area (Å²) in [6, 6.07) is 5.47. The molecule has 2 N–H and O–H groups in total. The molecule has 26 heavy (non-hydrogen) atoms. The van der Waals surface area contributed by atoms with Crippen LogP contribution in [0.4, 0.5) is 10.5 Å². The van der Waals surface area contributed by atoms with Gasteiger partial charge in [0.15, 0.2) is 5.82 Å². The van der Waals surface area contributed by atoms with Crippen molar-refractivity contribution in [1.82, 2.24) is 25.7 Å². The van der Waals surface area contributed by atoms with Crippen LogP contribution in [0.15, 0.2) is 22.7 Å². The zero-order valence-electron chi connectivity index (χ0n) is 14.9. The molecule has 1 unspecified atom stereocenters. The Morgan fingerprint density at radius 1 is 1.31 bits per heavy atom. The fourth-order valence-corrected chi connectivity index (χ4v) is 3.32. The van der Waals surface area contributed by atoms with E-state index in [1.807, 2.05) is 18.2 Å². The van der Waals surface area contributed by atoms with Crippen LogP contribution in [0.2, 0.25) is 0 Å². The number of nitrogens with one attached hydrogen (secondary N) is 2. The number of hydrogen-bond acceptors (Lipinski definition) is 7. The van der Waals surface area contributed by atoms with E-state index in [1.165, 1.54) is 0 Å². The van der Waals surface area contributed by atoms with Crippen LogP contribution < -0.4 is 20.3 Å². The van der Waals surface area contributed by atoms with Crippen LogP contribution in [0.5, 0.6) is 5.75 Å². The highest BCUT2D eigenvalue weighted by molar-refractivity contribution is 5.96. The number of methoxy groups -OCH3 is 1. The number of likely N-dealkylation sites (N-methyl/N-ethyl adjacent to an activating group) is 1. The first kappa shape index (κ1) is 16.8. The maximum atomic E-state index is 12.0. The van der Waals surface area contributed by atoms with Gasteiger partial charge in [0.05, 0.1) is 18.8 Å². The summed E-state index contributed by atoms with van der Waals surface area (Å²) in [5.74, 6) is 1.72. The first-order valence-electron chi connectivity index (χ1n) is 8.65. The smallest absolute Gasteiger partial charge is 0.322 e. The molecule has 2 amide bonds. The van der Waals surface area contributed by atoms with E-state index >= 15 is 0 Å². The molecule has 9 nitrogen and oxygen atoms in total. The molecule has 1 aromatic heterocycles. The van der Waals surface area contributed by atoms with Gasteiger partial charge in [-0.25, -0.2) is 4.79 Å². The van der Waals surface area contributed by atoms with Gasteiger partial charge in [-0.3, -0.25) is 9.80 Å². The molecule has 1 atom stereocenters. The van der Waals surface area contributed by atoms with Gasteiger partial charge in [0.1, 0.15) is 5.75 Å². The quantitative estimate of drug-likeness (QED) is 0.836. The second kappa shape index (κ2) is 6.93. The average molecular weight is 358 g/mol. The number of carbonyl (C=O) groups excluding carboxylic acids is 1. The first-order chi connectivity index (χ1) is 12.7. The summed E-state index contributed by atoms with van der Waals surface area (Å²) >= 11 is 0. The summed E-state index contributed by atoms with van der Waals surface area (Å²) in [7, 11) is 3.64. The van der Waals surface area contributed by atoms with Crippen molar-refractivity contribution in [3.63, 3.8) is 0 Å². The molecule has 0 bridgehead atoms. The number of hydrogen-bond donors (Lipinski definition) is 2. The zero-order valence-corrected chi connectivity index (χ0v) is 14.9. The van der Waals surface area contributed by atoms with Crippen LogP contribution in [0, 0.1) is 0 Å². The van der Waals surface area contributed by atoms with Crippen LogP contribution in [0.1, 0.15) is 11.9 Å². The van der Waals surface area contributed by atoms with Crippen molar-refractivity contribution in [1.29, 1.82) is 0 Å². The zero-order chi connectivity index (χ0) is 18.1. The lowest BCUT2D eigenvalue weighted by Gasteiger charge is -2.30. The standard InChI is InChI=1S/C17H22N6O3/c1-22-7-5-18-10-13(22)15-20-16(26-21-15)11-3-4-14(25-2)12(9-11)23-8-6-19-17(23)24/h3-4,9,13,18H,5-8,10H2,1-2H3,(H,19,24). The van der Waals surface area contributed by atoms with E-state index in [0.29, 0.717) is 36.2 Å². The lowest BCUT2D eigenvalue weighted by atomic mass is 10.1. The number of piperazine rings is 1. The topological polar surface area (TPSA) is 95.8 Å². The van der Waals surface area contributed by atoms with Gasteiger partial charge in [0.2, 0.25) is 0 Å². The number of ether oxygens (including phenoxy) is 1. The van der Waals surface area contributed by atoms with Gasteiger partial charge in [-0.15, -0.1) is 0 Å². The third-order valence-electron chi connectivity index (χ3n) is 4.82. The van der Waals surface area contributed by atoms with E-state index < -0.39 is 0 Å². The second-order valence-corrected chi connectivity index (χ2v) is 6.43. The number of anilines is 1. The van der Waals surface area contributed by atoms with Crippen molar-refractivity contribution in [3.8, 4) is 17.2 Å². The van der Waals surface area contributed by atoms with E-state index in [0.717, 1.165) is 25.2 Å². The minimum Gasteiger partial charge on any atom is -0.495 e. The summed E-state index contributed by atoms with van der Waals surface area (Å²) in [5, 5.41) is 10.3. The molecule has 2 saturated heterocycles. The summed E-state index contributed by atoms with van der Waals surface area (Å²) in [6.07, 6.45) is 0. The Balaban J connectivity index is 1.65. The van der Waals surface area contributed by atoms with Gasteiger partial charge >= 0.3 is 6.03 Å². The number of nitrogens with zero attached hydrogens (tertiary/aromatic N) is 4. The van der Waals surface area contributed by atoms with E-state index in [4.69, 9.17) is 9.26 Å². The number of urea groups is 1. The highest BCUT2D eigenvalue weighted by Gasteiger charge is 2.27. The Morgan fingerprint density at radius 3 is 2.92 bits per heavy atom. The molecule has 0 aliphatic carbocycles. The number of amides is 2. The summed E-state index contributed by atoms with van der Waals surface area (Å²) in [5.41, 5.74) is 1.45. The molecule has 2 aromatic rings. The van der Waals surface area contributed by atoms with Gasteiger partial charge in [-0.2, -0.15) is 4.98 Å². The Morgan fingerprint density at radius 2 is 2.19 bits per heavy atom. The highest BCUT2D eigenvalue weighted by Crippen LogP contribution is 2.34. The van der Waals surface area contributed by atoms with Gasteiger partial charge in [0.25, 0.3) is 5.89 Å². The maximum Gasteiger partial charge on any atom is 0.322 e. The lowest BCUT2D eigenvalue weighted by molar-refractivity contribution is 0.190. The fourth-order valence-electron chi connectivity index (χ4n) is 3.32.